The lowest BCUT2D eigenvalue weighted by Gasteiger charge is -2.27. The number of amides is 1. The minimum atomic E-state index is -0.0978. The van der Waals surface area contributed by atoms with Gasteiger partial charge in [0.25, 0.3) is 5.91 Å². The zero-order chi connectivity index (χ0) is 19.9. The number of para-hydroxylation sites is 1. The highest BCUT2D eigenvalue weighted by molar-refractivity contribution is 6.05. The molecule has 5 heteroatoms. The first-order chi connectivity index (χ1) is 13.6. The average Bonchev–Trinajstić information content (AvgIpc) is 2.74. The molecule has 0 saturated carbocycles. The molecule has 0 fully saturated rings. The third-order valence-electron chi connectivity index (χ3n) is 4.59. The Bertz CT molecular complexity index is 879. The van der Waals surface area contributed by atoms with Gasteiger partial charge in [0.2, 0.25) is 5.95 Å². The summed E-state index contributed by atoms with van der Waals surface area (Å²) in [6.45, 7) is 7.48. The van der Waals surface area contributed by atoms with Gasteiger partial charge in [0.1, 0.15) is 0 Å². The van der Waals surface area contributed by atoms with Crippen LogP contribution < -0.4 is 9.80 Å². The van der Waals surface area contributed by atoms with E-state index in [1.165, 1.54) is 5.56 Å². The second-order valence-electron chi connectivity index (χ2n) is 6.86. The van der Waals surface area contributed by atoms with Crippen LogP contribution in [0.4, 0.5) is 11.6 Å². The van der Waals surface area contributed by atoms with E-state index in [1.807, 2.05) is 55.5 Å². The van der Waals surface area contributed by atoms with Gasteiger partial charge in [-0.25, -0.2) is 9.97 Å². The van der Waals surface area contributed by atoms with Crippen LogP contribution in [-0.2, 0) is 6.54 Å². The van der Waals surface area contributed by atoms with Crippen LogP contribution in [0.2, 0.25) is 0 Å². The Morgan fingerprint density at radius 3 is 2.04 bits per heavy atom. The van der Waals surface area contributed by atoms with Crippen LogP contribution in [0.15, 0.2) is 73.1 Å². The second-order valence-corrected chi connectivity index (χ2v) is 6.86. The molecule has 144 valence electrons. The third kappa shape index (κ3) is 4.55. The molecule has 3 aromatic rings. The van der Waals surface area contributed by atoms with Crippen LogP contribution in [0.1, 0.15) is 36.7 Å². The third-order valence-corrected chi connectivity index (χ3v) is 4.59. The summed E-state index contributed by atoms with van der Waals surface area (Å²) in [4.78, 5) is 25.8. The van der Waals surface area contributed by atoms with Crippen LogP contribution >= 0.6 is 0 Å². The van der Waals surface area contributed by atoms with Gasteiger partial charge < -0.3 is 9.80 Å². The van der Waals surface area contributed by atoms with E-state index in [0.29, 0.717) is 18.1 Å². The summed E-state index contributed by atoms with van der Waals surface area (Å²) in [5.74, 6) is 0.526. The number of benzene rings is 2. The van der Waals surface area contributed by atoms with E-state index in [1.54, 1.807) is 17.3 Å². The highest BCUT2D eigenvalue weighted by atomic mass is 16.2. The minimum absolute atomic E-state index is 0.0978. The molecule has 28 heavy (non-hydrogen) atoms. The van der Waals surface area contributed by atoms with Crippen molar-refractivity contribution >= 4 is 17.5 Å². The van der Waals surface area contributed by atoms with Crippen molar-refractivity contribution in [1.29, 1.82) is 0 Å². The number of aromatic nitrogens is 2. The smallest absolute Gasteiger partial charge is 0.261 e. The number of hydrogen-bond donors (Lipinski definition) is 0. The van der Waals surface area contributed by atoms with E-state index in [9.17, 15) is 4.79 Å². The van der Waals surface area contributed by atoms with E-state index in [-0.39, 0.29) is 11.9 Å². The molecule has 1 aromatic heterocycles. The van der Waals surface area contributed by atoms with Crippen molar-refractivity contribution < 1.29 is 4.79 Å². The number of anilines is 2. The van der Waals surface area contributed by atoms with Gasteiger partial charge >= 0.3 is 0 Å². The van der Waals surface area contributed by atoms with Gasteiger partial charge in [-0.3, -0.25) is 4.79 Å². The fourth-order valence-electron chi connectivity index (χ4n) is 3.05. The summed E-state index contributed by atoms with van der Waals surface area (Å²) in [6, 6.07) is 20.1. The summed E-state index contributed by atoms with van der Waals surface area (Å²) in [5.41, 5.74) is 2.55. The summed E-state index contributed by atoms with van der Waals surface area (Å²) in [6.07, 6.45) is 3.24. The molecule has 1 heterocycles. The molecule has 0 saturated heterocycles. The summed E-state index contributed by atoms with van der Waals surface area (Å²) in [7, 11) is 0. The Hall–Kier alpha value is -3.21. The second kappa shape index (κ2) is 9.13. The summed E-state index contributed by atoms with van der Waals surface area (Å²) in [5, 5.41) is 0. The van der Waals surface area contributed by atoms with E-state index >= 15 is 0 Å². The number of nitrogens with zero attached hydrogens (tertiary/aromatic N) is 4. The lowest BCUT2D eigenvalue weighted by Crippen LogP contribution is -2.33. The number of carbonyl (C=O) groups excluding carboxylic acids is 1. The monoisotopic (exact) mass is 374 g/mol. The van der Waals surface area contributed by atoms with E-state index in [4.69, 9.17) is 0 Å². The standard InChI is InChI=1S/C23H26N4O/c1-4-26(21-13-9-6-10-14-21)22(28)20-15-24-23(25-16-20)27(18(2)3)17-19-11-7-5-8-12-19/h5-16,18H,4,17H2,1-3H3. The lowest BCUT2D eigenvalue weighted by atomic mass is 10.2. The van der Waals surface area contributed by atoms with Gasteiger partial charge in [-0.2, -0.15) is 0 Å². The van der Waals surface area contributed by atoms with Crippen molar-refractivity contribution in [2.24, 2.45) is 0 Å². The van der Waals surface area contributed by atoms with Crippen molar-refractivity contribution in [1.82, 2.24) is 9.97 Å². The zero-order valence-corrected chi connectivity index (χ0v) is 16.6. The molecule has 3 rings (SSSR count). The van der Waals surface area contributed by atoms with Crippen LogP contribution in [0.25, 0.3) is 0 Å². The van der Waals surface area contributed by atoms with Crippen LogP contribution in [-0.4, -0.2) is 28.5 Å². The van der Waals surface area contributed by atoms with Gasteiger partial charge in [-0.1, -0.05) is 48.5 Å². The highest BCUT2D eigenvalue weighted by Gasteiger charge is 2.19. The molecule has 5 nitrogen and oxygen atoms in total. The largest absolute Gasteiger partial charge is 0.334 e. The van der Waals surface area contributed by atoms with Crippen LogP contribution in [0.3, 0.4) is 0 Å². The molecule has 0 aliphatic heterocycles. The number of rotatable bonds is 7. The summed E-state index contributed by atoms with van der Waals surface area (Å²) < 4.78 is 0. The molecule has 0 radical (unpaired) electrons. The molecule has 0 N–H and O–H groups in total. The van der Waals surface area contributed by atoms with Gasteiger partial charge in [-0.15, -0.1) is 0 Å². The zero-order valence-electron chi connectivity index (χ0n) is 16.6. The SMILES string of the molecule is CCN(C(=O)c1cnc(N(Cc2ccccc2)C(C)C)nc1)c1ccccc1. The van der Waals surface area contributed by atoms with Crippen molar-refractivity contribution in [3.63, 3.8) is 0 Å². The topological polar surface area (TPSA) is 49.3 Å². The minimum Gasteiger partial charge on any atom is -0.334 e. The Balaban J connectivity index is 1.80. The number of hydrogen-bond acceptors (Lipinski definition) is 4. The van der Waals surface area contributed by atoms with E-state index in [2.05, 4.69) is 40.8 Å². The van der Waals surface area contributed by atoms with Crippen LogP contribution in [0, 0.1) is 0 Å². The van der Waals surface area contributed by atoms with E-state index in [0.717, 1.165) is 12.2 Å². The lowest BCUT2D eigenvalue weighted by molar-refractivity contribution is 0.0987. The number of carbonyl (C=O) groups is 1. The van der Waals surface area contributed by atoms with Gasteiger partial charge in [-0.05, 0) is 38.5 Å². The molecule has 0 bridgehead atoms. The summed E-state index contributed by atoms with van der Waals surface area (Å²) >= 11 is 0. The molecular weight excluding hydrogens is 348 g/mol. The fourth-order valence-corrected chi connectivity index (χ4v) is 3.05. The maximum absolute atomic E-state index is 12.9. The Morgan fingerprint density at radius 1 is 0.929 bits per heavy atom. The first-order valence-electron chi connectivity index (χ1n) is 9.59. The maximum atomic E-state index is 12.9. The van der Waals surface area contributed by atoms with Gasteiger partial charge in [0.15, 0.2) is 0 Å². The predicted octanol–water partition coefficient (Wildman–Crippen LogP) is 4.56. The fraction of sp³-hybridized carbons (Fsp3) is 0.261. The van der Waals surface area contributed by atoms with Crippen LogP contribution in [0.5, 0.6) is 0 Å². The predicted molar refractivity (Wildman–Crippen MR) is 114 cm³/mol. The van der Waals surface area contributed by atoms with Gasteiger partial charge in [0.05, 0.1) is 5.56 Å². The molecule has 0 aliphatic rings. The van der Waals surface area contributed by atoms with E-state index < -0.39 is 0 Å². The normalized spacial score (nSPS) is 10.7. The molecule has 0 atom stereocenters. The highest BCUT2D eigenvalue weighted by Crippen LogP contribution is 2.18. The Morgan fingerprint density at radius 2 is 1.50 bits per heavy atom. The first-order valence-corrected chi connectivity index (χ1v) is 9.59. The maximum Gasteiger partial charge on any atom is 0.261 e. The molecule has 0 spiro atoms. The van der Waals surface area contributed by atoms with Gasteiger partial charge in [0, 0.05) is 37.2 Å². The Kier molecular flexibility index (Phi) is 6.37. The molecule has 0 aliphatic carbocycles. The average molecular weight is 374 g/mol. The Labute approximate surface area is 166 Å². The molecular formula is C23H26N4O. The first kappa shape index (κ1) is 19.5. The van der Waals surface area contributed by atoms with Crippen molar-refractivity contribution in [3.05, 3.63) is 84.2 Å². The molecule has 2 aromatic carbocycles. The van der Waals surface area contributed by atoms with Crippen molar-refractivity contribution in [3.8, 4) is 0 Å². The molecule has 1 amide bonds. The quantitative estimate of drug-likeness (QED) is 0.608. The van der Waals surface area contributed by atoms with Crippen molar-refractivity contribution in [2.45, 2.75) is 33.4 Å². The molecule has 0 unspecified atom stereocenters. The van der Waals surface area contributed by atoms with Crippen molar-refractivity contribution in [2.75, 3.05) is 16.3 Å².